The minimum absolute atomic E-state index is 0.0637. The van der Waals surface area contributed by atoms with Crippen molar-refractivity contribution in [3.05, 3.63) is 41.2 Å². The Morgan fingerprint density at radius 1 is 1.19 bits per heavy atom. The van der Waals surface area contributed by atoms with Crippen molar-refractivity contribution in [1.29, 1.82) is 0 Å². The van der Waals surface area contributed by atoms with Crippen LogP contribution in [-0.4, -0.2) is 55.4 Å². The van der Waals surface area contributed by atoms with E-state index in [2.05, 4.69) is 15.3 Å². The van der Waals surface area contributed by atoms with E-state index in [-0.39, 0.29) is 27.4 Å². The lowest BCUT2D eigenvalue weighted by Crippen LogP contribution is -2.41. The average molecular weight is 501 g/mol. The molecule has 3 rings (SSSR count). The number of halogens is 1. The fraction of sp³-hybridized carbons (Fsp3) is 0.450. The van der Waals surface area contributed by atoms with Crippen LogP contribution < -0.4 is 5.32 Å². The summed E-state index contributed by atoms with van der Waals surface area (Å²) >= 11 is 6.00. The quantitative estimate of drug-likeness (QED) is 0.578. The van der Waals surface area contributed by atoms with Gasteiger partial charge in [0.15, 0.2) is 5.69 Å². The molecule has 0 spiro atoms. The first-order valence-electron chi connectivity index (χ1n) is 10.2. The van der Waals surface area contributed by atoms with Crippen molar-refractivity contribution < 1.29 is 21.6 Å². The van der Waals surface area contributed by atoms with Gasteiger partial charge in [0, 0.05) is 18.3 Å². The second kappa shape index (κ2) is 9.82. The molecule has 32 heavy (non-hydrogen) atoms. The van der Waals surface area contributed by atoms with Gasteiger partial charge in [0.05, 0.1) is 21.9 Å². The molecule has 2 heterocycles. The summed E-state index contributed by atoms with van der Waals surface area (Å²) in [6, 6.07) is 5.70. The molecule has 1 aromatic carbocycles. The predicted molar refractivity (Wildman–Crippen MR) is 121 cm³/mol. The van der Waals surface area contributed by atoms with Crippen LogP contribution in [0.4, 0.5) is 5.69 Å². The molecule has 12 heteroatoms. The number of nitrogens with zero attached hydrogens (tertiary/aromatic N) is 3. The molecular formula is C20H25ClN4O5S2. The van der Waals surface area contributed by atoms with Gasteiger partial charge in [0.2, 0.25) is 25.0 Å². The lowest BCUT2D eigenvalue weighted by molar-refractivity contribution is 0.102. The summed E-state index contributed by atoms with van der Waals surface area (Å²) in [7, 11) is -7.36. The summed E-state index contributed by atoms with van der Waals surface area (Å²) in [5.41, 5.74) is 0.0310. The molecule has 1 atom stereocenters. The molecule has 9 nitrogen and oxygen atoms in total. The summed E-state index contributed by atoms with van der Waals surface area (Å²) in [4.78, 5) is 20.3. The summed E-state index contributed by atoms with van der Waals surface area (Å²) in [5.74, 6) is -0.882. The maximum Gasteiger partial charge on any atom is 0.275 e. The van der Waals surface area contributed by atoms with Crippen molar-refractivity contribution in [2.75, 3.05) is 17.6 Å². The second-order valence-corrected chi connectivity index (χ2v) is 11.9. The number of carbonyl (C=O) groups is 1. The molecule has 2 aromatic rings. The Morgan fingerprint density at radius 3 is 2.50 bits per heavy atom. The number of hydrogen-bond acceptors (Lipinski definition) is 7. The van der Waals surface area contributed by atoms with Crippen LogP contribution in [0, 0.1) is 0 Å². The smallest absolute Gasteiger partial charge is 0.275 e. The maximum absolute atomic E-state index is 12.9. The predicted octanol–water partition coefficient (Wildman–Crippen LogP) is 3.13. The van der Waals surface area contributed by atoms with Crippen LogP contribution in [0.15, 0.2) is 40.5 Å². The molecule has 0 radical (unpaired) electrons. The standard InChI is InChI=1S/C20H25ClN4O5S2/c1-3-12-31(27,28)20-22-13-17(21)18(24-20)19(26)23-15-7-9-16(10-8-15)32(29,30)25-11-5-4-6-14(25)2/h7-10,13-14H,3-6,11-12H2,1-2H3,(H,23,26). The first-order valence-corrected chi connectivity index (χ1v) is 13.7. The van der Waals surface area contributed by atoms with Crippen LogP contribution in [0.1, 0.15) is 50.0 Å². The molecule has 1 fully saturated rings. The number of amides is 1. The fourth-order valence-corrected chi connectivity index (χ4v) is 6.52. The van der Waals surface area contributed by atoms with Gasteiger partial charge in [0.25, 0.3) is 5.91 Å². The maximum atomic E-state index is 12.9. The number of sulfone groups is 1. The first-order chi connectivity index (χ1) is 15.1. The number of aromatic nitrogens is 2. The topological polar surface area (TPSA) is 126 Å². The molecule has 0 aliphatic carbocycles. The minimum Gasteiger partial charge on any atom is -0.321 e. The van der Waals surface area contributed by atoms with Gasteiger partial charge in [-0.05, 0) is 50.5 Å². The number of benzene rings is 1. The molecule has 1 unspecified atom stereocenters. The molecule has 1 aromatic heterocycles. The zero-order valence-electron chi connectivity index (χ0n) is 17.8. The summed E-state index contributed by atoms with van der Waals surface area (Å²) in [6.07, 6.45) is 4.10. The Hall–Kier alpha value is -2.08. The molecule has 1 saturated heterocycles. The number of anilines is 1. The van der Waals surface area contributed by atoms with Crippen LogP contribution in [-0.2, 0) is 19.9 Å². The van der Waals surface area contributed by atoms with Gasteiger partial charge in [-0.3, -0.25) is 4.79 Å². The summed E-state index contributed by atoms with van der Waals surface area (Å²) in [6.45, 7) is 4.08. The molecule has 174 valence electrons. The largest absolute Gasteiger partial charge is 0.321 e. The first kappa shape index (κ1) is 24.6. The molecule has 0 saturated carbocycles. The summed E-state index contributed by atoms with van der Waals surface area (Å²) < 4.78 is 51.8. The summed E-state index contributed by atoms with van der Waals surface area (Å²) in [5, 5.41) is 1.99. The highest BCUT2D eigenvalue weighted by molar-refractivity contribution is 7.91. The Bertz CT molecular complexity index is 1200. The highest BCUT2D eigenvalue weighted by atomic mass is 35.5. The van der Waals surface area contributed by atoms with Crippen molar-refractivity contribution in [3.8, 4) is 0 Å². The Kier molecular flexibility index (Phi) is 7.53. The second-order valence-electron chi connectivity index (χ2n) is 7.61. The zero-order valence-corrected chi connectivity index (χ0v) is 20.2. The van der Waals surface area contributed by atoms with E-state index in [1.807, 2.05) is 6.92 Å². The number of rotatable bonds is 7. The molecule has 1 amide bonds. The average Bonchev–Trinajstić information content (AvgIpc) is 2.74. The normalized spacial score (nSPS) is 17.8. The SMILES string of the molecule is CCCS(=O)(=O)c1ncc(Cl)c(C(=O)Nc2ccc(S(=O)(=O)N3CCCCC3C)cc2)n1. The van der Waals surface area contributed by atoms with E-state index >= 15 is 0 Å². The number of carbonyl (C=O) groups excluding carboxylic acids is 1. The lowest BCUT2D eigenvalue weighted by Gasteiger charge is -2.32. The third kappa shape index (κ3) is 5.28. The number of sulfonamides is 1. The minimum atomic E-state index is -3.73. The Labute approximate surface area is 193 Å². The fourth-order valence-electron chi connectivity index (χ4n) is 3.48. The third-order valence-electron chi connectivity index (χ3n) is 5.15. The molecule has 0 bridgehead atoms. The molecule has 1 N–H and O–H groups in total. The van der Waals surface area contributed by atoms with E-state index in [1.54, 1.807) is 6.92 Å². The van der Waals surface area contributed by atoms with Crippen molar-refractivity contribution in [2.45, 2.75) is 55.6 Å². The van der Waals surface area contributed by atoms with Crippen LogP contribution >= 0.6 is 11.6 Å². The van der Waals surface area contributed by atoms with Crippen LogP contribution in [0.5, 0.6) is 0 Å². The molecule has 1 aliphatic heterocycles. The number of piperidine rings is 1. The van der Waals surface area contributed by atoms with Crippen LogP contribution in [0.3, 0.4) is 0 Å². The number of hydrogen-bond donors (Lipinski definition) is 1. The monoisotopic (exact) mass is 500 g/mol. The highest BCUT2D eigenvalue weighted by Crippen LogP contribution is 2.26. The third-order valence-corrected chi connectivity index (χ3v) is 9.15. The Balaban J connectivity index is 1.79. The van der Waals surface area contributed by atoms with Crippen LogP contribution in [0.25, 0.3) is 0 Å². The lowest BCUT2D eigenvalue weighted by atomic mass is 10.1. The van der Waals surface area contributed by atoms with E-state index in [0.717, 1.165) is 25.5 Å². The van der Waals surface area contributed by atoms with Gasteiger partial charge in [-0.1, -0.05) is 24.9 Å². The van der Waals surface area contributed by atoms with Gasteiger partial charge in [-0.15, -0.1) is 0 Å². The van der Waals surface area contributed by atoms with Crippen molar-refractivity contribution in [1.82, 2.24) is 14.3 Å². The van der Waals surface area contributed by atoms with Gasteiger partial charge in [-0.25, -0.2) is 26.8 Å². The van der Waals surface area contributed by atoms with Gasteiger partial charge in [-0.2, -0.15) is 4.31 Å². The zero-order chi connectivity index (χ0) is 23.5. The van der Waals surface area contributed by atoms with E-state index in [0.29, 0.717) is 18.7 Å². The Morgan fingerprint density at radius 2 is 1.88 bits per heavy atom. The van der Waals surface area contributed by atoms with E-state index in [9.17, 15) is 21.6 Å². The molecular weight excluding hydrogens is 476 g/mol. The van der Waals surface area contributed by atoms with E-state index < -0.39 is 30.9 Å². The highest BCUT2D eigenvalue weighted by Gasteiger charge is 2.31. The number of nitrogens with one attached hydrogen (secondary N) is 1. The van der Waals surface area contributed by atoms with Crippen LogP contribution in [0.2, 0.25) is 5.02 Å². The van der Waals surface area contributed by atoms with Gasteiger partial charge < -0.3 is 5.32 Å². The van der Waals surface area contributed by atoms with Gasteiger partial charge >= 0.3 is 0 Å². The molecule has 1 aliphatic rings. The van der Waals surface area contributed by atoms with E-state index in [1.165, 1.54) is 28.6 Å². The van der Waals surface area contributed by atoms with Crippen molar-refractivity contribution in [3.63, 3.8) is 0 Å². The van der Waals surface area contributed by atoms with Crippen molar-refractivity contribution >= 4 is 43.1 Å². The van der Waals surface area contributed by atoms with Gasteiger partial charge in [0.1, 0.15) is 0 Å². The van der Waals surface area contributed by atoms with Crippen molar-refractivity contribution in [2.24, 2.45) is 0 Å². The van der Waals surface area contributed by atoms with E-state index in [4.69, 9.17) is 11.6 Å².